The van der Waals surface area contributed by atoms with Gasteiger partial charge < -0.3 is 15.2 Å². The standard InChI is InChI=1S/C10H11NO3/c1-13-10(12)9-8(11)6-4-2-3-5-7(6)14-9/h2-5,8-9H,11H2,1H3/t8-,9-/m0/s1. The molecule has 0 spiro atoms. The Labute approximate surface area is 81.6 Å². The van der Waals surface area contributed by atoms with Gasteiger partial charge in [-0.25, -0.2) is 4.79 Å². The van der Waals surface area contributed by atoms with Gasteiger partial charge in [-0.3, -0.25) is 0 Å². The van der Waals surface area contributed by atoms with Crippen LogP contribution in [0.3, 0.4) is 0 Å². The number of ether oxygens (including phenoxy) is 2. The smallest absolute Gasteiger partial charge is 0.349 e. The predicted molar refractivity (Wildman–Crippen MR) is 49.8 cm³/mol. The number of carbonyl (C=O) groups is 1. The molecule has 4 nitrogen and oxygen atoms in total. The molecule has 14 heavy (non-hydrogen) atoms. The molecule has 74 valence electrons. The topological polar surface area (TPSA) is 61.5 Å². The first-order valence-electron chi connectivity index (χ1n) is 4.33. The van der Waals surface area contributed by atoms with Crippen molar-refractivity contribution in [1.82, 2.24) is 0 Å². The SMILES string of the molecule is COC(=O)[C@H]1Oc2ccccc2[C@@H]1N. The van der Waals surface area contributed by atoms with E-state index in [2.05, 4.69) is 4.74 Å². The number of nitrogens with two attached hydrogens (primary N) is 1. The molecule has 1 heterocycles. The van der Waals surface area contributed by atoms with E-state index < -0.39 is 18.1 Å². The van der Waals surface area contributed by atoms with Crippen LogP contribution in [0.25, 0.3) is 0 Å². The highest BCUT2D eigenvalue weighted by Gasteiger charge is 2.37. The molecule has 2 rings (SSSR count). The van der Waals surface area contributed by atoms with Gasteiger partial charge in [0, 0.05) is 5.56 Å². The zero-order valence-corrected chi connectivity index (χ0v) is 7.77. The Morgan fingerprint density at radius 1 is 1.50 bits per heavy atom. The Kier molecular flexibility index (Phi) is 2.13. The van der Waals surface area contributed by atoms with Crippen LogP contribution in [0, 0.1) is 0 Å². The first-order chi connectivity index (χ1) is 6.74. The lowest BCUT2D eigenvalue weighted by molar-refractivity contribution is -0.148. The predicted octanol–water partition coefficient (Wildman–Crippen LogP) is 0.620. The highest BCUT2D eigenvalue weighted by molar-refractivity contribution is 5.77. The van der Waals surface area contributed by atoms with Gasteiger partial charge in [-0.1, -0.05) is 18.2 Å². The molecule has 0 saturated heterocycles. The van der Waals surface area contributed by atoms with Gasteiger partial charge >= 0.3 is 5.97 Å². The minimum Gasteiger partial charge on any atom is -0.476 e. The Bertz CT molecular complexity index is 364. The fraction of sp³-hybridized carbons (Fsp3) is 0.300. The summed E-state index contributed by atoms with van der Waals surface area (Å²) in [6.45, 7) is 0. The maximum atomic E-state index is 11.3. The normalized spacial score (nSPS) is 23.9. The molecule has 0 bridgehead atoms. The Hall–Kier alpha value is -1.55. The number of fused-ring (bicyclic) bond motifs is 1. The van der Waals surface area contributed by atoms with Gasteiger partial charge in [0.15, 0.2) is 0 Å². The third-order valence-electron chi connectivity index (χ3n) is 2.29. The second-order valence-corrected chi connectivity index (χ2v) is 3.13. The van der Waals surface area contributed by atoms with Gasteiger partial charge in [0.25, 0.3) is 0 Å². The summed E-state index contributed by atoms with van der Waals surface area (Å²) < 4.78 is 9.96. The molecule has 1 aliphatic rings. The number of benzene rings is 1. The summed E-state index contributed by atoms with van der Waals surface area (Å²) in [7, 11) is 1.32. The van der Waals surface area contributed by atoms with Gasteiger partial charge in [-0.05, 0) is 6.07 Å². The quantitative estimate of drug-likeness (QED) is 0.664. The van der Waals surface area contributed by atoms with Crippen LogP contribution in [0.15, 0.2) is 24.3 Å². The molecule has 1 aromatic rings. The van der Waals surface area contributed by atoms with Crippen LogP contribution in [-0.4, -0.2) is 19.2 Å². The lowest BCUT2D eigenvalue weighted by Crippen LogP contribution is -2.34. The van der Waals surface area contributed by atoms with Crippen LogP contribution < -0.4 is 10.5 Å². The van der Waals surface area contributed by atoms with Gasteiger partial charge in [0.05, 0.1) is 13.2 Å². The van der Waals surface area contributed by atoms with E-state index in [0.29, 0.717) is 5.75 Å². The summed E-state index contributed by atoms with van der Waals surface area (Å²) in [5.74, 6) is 0.226. The summed E-state index contributed by atoms with van der Waals surface area (Å²) in [5, 5.41) is 0. The third kappa shape index (κ3) is 1.24. The van der Waals surface area contributed by atoms with Crippen molar-refractivity contribution in [2.45, 2.75) is 12.1 Å². The fourth-order valence-corrected chi connectivity index (χ4v) is 1.55. The van der Waals surface area contributed by atoms with E-state index in [1.165, 1.54) is 7.11 Å². The third-order valence-corrected chi connectivity index (χ3v) is 2.29. The molecule has 0 amide bonds. The molecular formula is C10H11NO3. The minimum atomic E-state index is -0.711. The van der Waals surface area contributed by atoms with Crippen molar-refractivity contribution in [3.05, 3.63) is 29.8 Å². The molecule has 2 atom stereocenters. The van der Waals surface area contributed by atoms with Gasteiger partial charge in [0.2, 0.25) is 6.10 Å². The lowest BCUT2D eigenvalue weighted by Gasteiger charge is -2.11. The van der Waals surface area contributed by atoms with Crippen LogP contribution in [0.4, 0.5) is 0 Å². The van der Waals surface area contributed by atoms with Crippen molar-refractivity contribution in [2.24, 2.45) is 5.73 Å². The number of methoxy groups -OCH3 is 1. The molecule has 0 aliphatic carbocycles. The summed E-state index contributed by atoms with van der Waals surface area (Å²) in [6.07, 6.45) is -0.711. The van der Waals surface area contributed by atoms with E-state index in [1.54, 1.807) is 6.07 Å². The summed E-state index contributed by atoms with van der Waals surface area (Å²) in [6, 6.07) is 6.91. The lowest BCUT2D eigenvalue weighted by atomic mass is 10.1. The highest BCUT2D eigenvalue weighted by atomic mass is 16.6. The highest BCUT2D eigenvalue weighted by Crippen LogP contribution is 2.34. The van der Waals surface area contributed by atoms with E-state index in [4.69, 9.17) is 10.5 Å². The molecule has 0 radical (unpaired) electrons. The zero-order chi connectivity index (χ0) is 10.1. The Morgan fingerprint density at radius 3 is 2.86 bits per heavy atom. The molecule has 2 N–H and O–H groups in total. The molecule has 4 heteroatoms. The van der Waals surface area contributed by atoms with E-state index in [0.717, 1.165) is 5.56 Å². The summed E-state index contributed by atoms with van der Waals surface area (Å²) in [4.78, 5) is 11.3. The van der Waals surface area contributed by atoms with Crippen LogP contribution in [0.2, 0.25) is 0 Å². The number of rotatable bonds is 1. The second kappa shape index (κ2) is 3.31. The fourth-order valence-electron chi connectivity index (χ4n) is 1.55. The summed E-state index contributed by atoms with van der Waals surface area (Å²) >= 11 is 0. The zero-order valence-electron chi connectivity index (χ0n) is 7.77. The maximum absolute atomic E-state index is 11.3. The summed E-state index contributed by atoms with van der Waals surface area (Å²) in [5.41, 5.74) is 6.69. The number of hydrogen-bond donors (Lipinski definition) is 1. The van der Waals surface area contributed by atoms with E-state index in [1.807, 2.05) is 18.2 Å². The van der Waals surface area contributed by atoms with Crippen LogP contribution in [0.5, 0.6) is 5.75 Å². The van der Waals surface area contributed by atoms with Crippen molar-refractivity contribution in [3.8, 4) is 5.75 Å². The molecular weight excluding hydrogens is 182 g/mol. The number of esters is 1. The minimum absolute atomic E-state index is 0.432. The molecule has 1 aromatic carbocycles. The second-order valence-electron chi connectivity index (χ2n) is 3.13. The van der Waals surface area contributed by atoms with Gasteiger partial charge in [0.1, 0.15) is 5.75 Å². The average molecular weight is 193 g/mol. The van der Waals surface area contributed by atoms with Crippen molar-refractivity contribution >= 4 is 5.97 Å². The molecule has 0 aromatic heterocycles. The molecule has 0 unspecified atom stereocenters. The monoisotopic (exact) mass is 193 g/mol. The van der Waals surface area contributed by atoms with Crippen molar-refractivity contribution < 1.29 is 14.3 Å². The number of hydrogen-bond acceptors (Lipinski definition) is 4. The van der Waals surface area contributed by atoms with E-state index in [-0.39, 0.29) is 0 Å². The Morgan fingerprint density at radius 2 is 2.21 bits per heavy atom. The largest absolute Gasteiger partial charge is 0.476 e. The maximum Gasteiger partial charge on any atom is 0.349 e. The van der Waals surface area contributed by atoms with Crippen LogP contribution in [-0.2, 0) is 9.53 Å². The number of para-hydroxylation sites is 1. The van der Waals surface area contributed by atoms with Gasteiger partial charge in [-0.15, -0.1) is 0 Å². The van der Waals surface area contributed by atoms with E-state index in [9.17, 15) is 4.79 Å². The van der Waals surface area contributed by atoms with Gasteiger partial charge in [-0.2, -0.15) is 0 Å². The van der Waals surface area contributed by atoms with Crippen molar-refractivity contribution in [3.63, 3.8) is 0 Å². The molecule has 0 saturated carbocycles. The molecule has 1 aliphatic heterocycles. The Balaban J connectivity index is 2.30. The number of carbonyl (C=O) groups excluding carboxylic acids is 1. The first-order valence-corrected chi connectivity index (χ1v) is 4.33. The van der Waals surface area contributed by atoms with Crippen LogP contribution in [0.1, 0.15) is 11.6 Å². The van der Waals surface area contributed by atoms with Crippen LogP contribution >= 0.6 is 0 Å². The van der Waals surface area contributed by atoms with Crippen molar-refractivity contribution in [2.75, 3.05) is 7.11 Å². The average Bonchev–Trinajstić information content (AvgIpc) is 2.56. The first kappa shape index (κ1) is 9.02. The molecule has 0 fully saturated rings. The van der Waals surface area contributed by atoms with Crippen molar-refractivity contribution in [1.29, 1.82) is 0 Å². The van der Waals surface area contributed by atoms with E-state index >= 15 is 0 Å².